The van der Waals surface area contributed by atoms with Gasteiger partial charge in [0.25, 0.3) is 0 Å². The summed E-state index contributed by atoms with van der Waals surface area (Å²) in [6.07, 6.45) is 1.58. The van der Waals surface area contributed by atoms with Crippen molar-refractivity contribution in [2.45, 2.75) is 32.5 Å². The smallest absolute Gasteiger partial charge is 0.195 e. The third-order valence-electron chi connectivity index (χ3n) is 4.07. The van der Waals surface area contributed by atoms with E-state index in [0.717, 1.165) is 29.5 Å². The van der Waals surface area contributed by atoms with Crippen molar-refractivity contribution in [2.24, 2.45) is 16.3 Å². The molecular formula is C15H20N2O3. The molecule has 0 unspecified atom stereocenters. The zero-order valence-electron chi connectivity index (χ0n) is 11.8. The summed E-state index contributed by atoms with van der Waals surface area (Å²) in [4.78, 5) is 0. The maximum atomic E-state index is 8.89. The summed E-state index contributed by atoms with van der Waals surface area (Å²) in [7, 11) is 0. The van der Waals surface area contributed by atoms with Crippen LogP contribution in [-0.2, 0) is 21.7 Å². The number of ether oxygens (including phenoxy) is 2. The standard InChI is InChI=1S/C15H20N2O3/c1-14(2)8-19-15(20-9-14)7-6-10-11(13(16)17-18)4-3-5-12(10)15/h3-5,18H,6-9H2,1-2H3,(H2,16,17). The molecule has 20 heavy (non-hydrogen) atoms. The molecule has 0 atom stereocenters. The second-order valence-electron chi connectivity index (χ2n) is 6.31. The lowest BCUT2D eigenvalue weighted by Crippen LogP contribution is -2.44. The Morgan fingerprint density at radius 3 is 2.65 bits per heavy atom. The van der Waals surface area contributed by atoms with Gasteiger partial charge in [-0.2, -0.15) is 0 Å². The largest absolute Gasteiger partial charge is 0.409 e. The van der Waals surface area contributed by atoms with Gasteiger partial charge in [-0.1, -0.05) is 37.2 Å². The Balaban J connectivity index is 2.00. The molecule has 2 aliphatic rings. The van der Waals surface area contributed by atoms with Gasteiger partial charge >= 0.3 is 0 Å². The molecule has 1 spiro atoms. The first-order chi connectivity index (χ1) is 9.47. The summed E-state index contributed by atoms with van der Waals surface area (Å²) in [6, 6.07) is 5.76. The minimum atomic E-state index is -0.656. The van der Waals surface area contributed by atoms with Gasteiger partial charge in [-0.3, -0.25) is 0 Å². The summed E-state index contributed by atoms with van der Waals surface area (Å²) in [5, 5.41) is 12.0. The number of benzene rings is 1. The van der Waals surface area contributed by atoms with Crippen LogP contribution in [0.15, 0.2) is 23.4 Å². The zero-order chi connectivity index (χ0) is 14.4. The molecule has 1 aliphatic heterocycles. The molecule has 108 valence electrons. The van der Waals surface area contributed by atoms with Crippen molar-refractivity contribution < 1.29 is 14.7 Å². The van der Waals surface area contributed by atoms with E-state index in [0.29, 0.717) is 13.2 Å². The van der Waals surface area contributed by atoms with Crippen LogP contribution in [0.2, 0.25) is 0 Å². The number of hydrogen-bond donors (Lipinski definition) is 2. The topological polar surface area (TPSA) is 77.1 Å². The first-order valence-electron chi connectivity index (χ1n) is 6.86. The van der Waals surface area contributed by atoms with E-state index in [1.54, 1.807) is 0 Å². The summed E-state index contributed by atoms with van der Waals surface area (Å²) in [5.74, 6) is -0.522. The van der Waals surface area contributed by atoms with Crippen LogP contribution in [0.1, 0.15) is 37.0 Å². The van der Waals surface area contributed by atoms with Gasteiger partial charge in [0, 0.05) is 23.0 Å². The van der Waals surface area contributed by atoms with Crippen LogP contribution >= 0.6 is 0 Å². The lowest BCUT2D eigenvalue weighted by Gasteiger charge is -2.42. The van der Waals surface area contributed by atoms with Gasteiger partial charge in [-0.05, 0) is 12.0 Å². The van der Waals surface area contributed by atoms with Crippen molar-refractivity contribution in [2.75, 3.05) is 13.2 Å². The Morgan fingerprint density at radius 2 is 2.00 bits per heavy atom. The highest BCUT2D eigenvalue weighted by Gasteiger charge is 2.47. The highest BCUT2D eigenvalue weighted by molar-refractivity contribution is 5.98. The molecular weight excluding hydrogens is 256 g/mol. The van der Waals surface area contributed by atoms with E-state index in [2.05, 4.69) is 19.0 Å². The molecule has 0 aromatic heterocycles. The Labute approximate surface area is 118 Å². The highest BCUT2D eigenvalue weighted by Crippen LogP contribution is 2.46. The molecule has 5 heteroatoms. The minimum Gasteiger partial charge on any atom is -0.409 e. The van der Waals surface area contributed by atoms with Crippen molar-refractivity contribution >= 4 is 5.84 Å². The third-order valence-corrected chi connectivity index (χ3v) is 4.07. The number of hydrogen-bond acceptors (Lipinski definition) is 4. The monoisotopic (exact) mass is 276 g/mol. The van der Waals surface area contributed by atoms with E-state index in [9.17, 15) is 0 Å². The average Bonchev–Trinajstić information content (AvgIpc) is 2.81. The number of amidine groups is 1. The molecule has 0 amide bonds. The van der Waals surface area contributed by atoms with Crippen LogP contribution in [0.4, 0.5) is 0 Å². The normalized spacial score (nSPS) is 23.8. The zero-order valence-corrected chi connectivity index (χ0v) is 11.8. The molecule has 5 nitrogen and oxygen atoms in total. The SMILES string of the molecule is CC1(C)COC2(CCc3c(/C(N)=N\O)cccc32)OC1. The summed E-state index contributed by atoms with van der Waals surface area (Å²) >= 11 is 0. The molecule has 1 aliphatic carbocycles. The van der Waals surface area contributed by atoms with Crippen molar-refractivity contribution in [1.82, 2.24) is 0 Å². The van der Waals surface area contributed by atoms with Gasteiger partial charge in [0.1, 0.15) is 0 Å². The quantitative estimate of drug-likeness (QED) is 0.356. The second-order valence-corrected chi connectivity index (χ2v) is 6.31. The average molecular weight is 276 g/mol. The molecule has 0 saturated carbocycles. The van der Waals surface area contributed by atoms with Gasteiger partial charge in [0.05, 0.1) is 13.2 Å². The van der Waals surface area contributed by atoms with Gasteiger partial charge in [-0.25, -0.2) is 0 Å². The predicted octanol–water partition coefficient (Wildman–Crippen LogP) is 1.95. The Morgan fingerprint density at radius 1 is 1.30 bits per heavy atom. The fourth-order valence-corrected chi connectivity index (χ4v) is 2.94. The molecule has 0 bridgehead atoms. The van der Waals surface area contributed by atoms with Crippen molar-refractivity contribution in [3.8, 4) is 0 Å². The number of rotatable bonds is 1. The molecule has 0 radical (unpaired) electrons. The number of nitrogens with zero attached hydrogens (tertiary/aromatic N) is 1. The van der Waals surface area contributed by atoms with Crippen LogP contribution < -0.4 is 5.73 Å². The van der Waals surface area contributed by atoms with E-state index in [-0.39, 0.29) is 11.3 Å². The second kappa shape index (κ2) is 4.46. The summed E-state index contributed by atoms with van der Waals surface area (Å²) in [6.45, 7) is 5.59. The van der Waals surface area contributed by atoms with E-state index in [1.165, 1.54) is 0 Å². The Kier molecular flexibility index (Phi) is 2.99. The molecule has 1 heterocycles. The molecule has 3 rings (SSSR count). The van der Waals surface area contributed by atoms with Gasteiger partial charge in [0.15, 0.2) is 11.6 Å². The fraction of sp³-hybridized carbons (Fsp3) is 0.533. The molecule has 1 aromatic rings. The highest BCUT2D eigenvalue weighted by atomic mass is 16.7. The summed E-state index contributed by atoms with van der Waals surface area (Å²) in [5.41, 5.74) is 8.62. The maximum absolute atomic E-state index is 8.89. The maximum Gasteiger partial charge on any atom is 0.195 e. The number of oxime groups is 1. The number of nitrogens with two attached hydrogens (primary N) is 1. The molecule has 1 aromatic carbocycles. The van der Waals surface area contributed by atoms with E-state index in [4.69, 9.17) is 20.4 Å². The van der Waals surface area contributed by atoms with Crippen LogP contribution in [0.25, 0.3) is 0 Å². The first kappa shape index (κ1) is 13.4. The fourth-order valence-electron chi connectivity index (χ4n) is 2.94. The Hall–Kier alpha value is -1.59. The predicted molar refractivity (Wildman–Crippen MR) is 74.6 cm³/mol. The van der Waals surface area contributed by atoms with Gasteiger partial charge < -0.3 is 20.4 Å². The van der Waals surface area contributed by atoms with E-state index in [1.807, 2.05) is 18.2 Å². The van der Waals surface area contributed by atoms with Gasteiger partial charge in [0.2, 0.25) is 0 Å². The van der Waals surface area contributed by atoms with Gasteiger partial charge in [-0.15, -0.1) is 0 Å². The van der Waals surface area contributed by atoms with E-state index < -0.39 is 5.79 Å². The van der Waals surface area contributed by atoms with Crippen LogP contribution in [-0.4, -0.2) is 24.3 Å². The lowest BCUT2D eigenvalue weighted by molar-refractivity contribution is -0.306. The van der Waals surface area contributed by atoms with Crippen molar-refractivity contribution in [3.63, 3.8) is 0 Å². The minimum absolute atomic E-state index is 0.0389. The van der Waals surface area contributed by atoms with E-state index >= 15 is 0 Å². The lowest BCUT2D eigenvalue weighted by atomic mass is 9.93. The number of fused-ring (bicyclic) bond motifs is 2. The van der Waals surface area contributed by atoms with Crippen molar-refractivity contribution in [1.29, 1.82) is 0 Å². The molecule has 1 saturated heterocycles. The van der Waals surface area contributed by atoms with Crippen molar-refractivity contribution in [3.05, 3.63) is 34.9 Å². The molecule has 3 N–H and O–H groups in total. The third kappa shape index (κ3) is 1.98. The van der Waals surface area contributed by atoms with Crippen LogP contribution in [0.3, 0.4) is 0 Å². The Bertz CT molecular complexity index is 556. The molecule has 1 fully saturated rings. The van der Waals surface area contributed by atoms with Crippen LogP contribution in [0, 0.1) is 5.41 Å². The van der Waals surface area contributed by atoms with Crippen LogP contribution in [0.5, 0.6) is 0 Å². The first-order valence-corrected chi connectivity index (χ1v) is 6.86. The summed E-state index contributed by atoms with van der Waals surface area (Å²) < 4.78 is 12.1.